The molecule has 12 heteroatoms. The highest BCUT2D eigenvalue weighted by molar-refractivity contribution is 5.79. The second-order valence-electron chi connectivity index (χ2n) is 7.93. The van der Waals surface area contributed by atoms with Crippen molar-refractivity contribution in [2.24, 2.45) is 5.73 Å². The second-order valence-corrected chi connectivity index (χ2v) is 7.93. The molecule has 3 N–H and O–H groups in total. The Kier molecular flexibility index (Phi) is 13.1. The Hall–Kier alpha value is -3.54. The average Bonchev–Trinajstić information content (AvgIpc) is 2.78. The summed E-state index contributed by atoms with van der Waals surface area (Å²) in [7, 11) is 0. The number of rotatable bonds is 14. The molecular formula is C24H35NO11. The van der Waals surface area contributed by atoms with Crippen LogP contribution in [0.25, 0.3) is 0 Å². The zero-order valence-corrected chi connectivity index (χ0v) is 21.1. The predicted molar refractivity (Wildman–Crippen MR) is 126 cm³/mol. The van der Waals surface area contributed by atoms with Gasteiger partial charge in [0.15, 0.2) is 11.5 Å². The lowest BCUT2D eigenvalue weighted by atomic mass is 9.86. The smallest absolute Gasteiger partial charge is 0.480 e. The third-order valence-electron chi connectivity index (χ3n) is 4.78. The van der Waals surface area contributed by atoms with Crippen molar-refractivity contribution in [3.05, 3.63) is 23.8 Å². The molecule has 1 aromatic carbocycles. The number of carboxylic acid groups (broad SMARTS) is 1. The van der Waals surface area contributed by atoms with E-state index in [0.717, 1.165) is 12.8 Å². The minimum absolute atomic E-state index is 0.0381. The number of carboxylic acids is 1. The summed E-state index contributed by atoms with van der Waals surface area (Å²) in [6.45, 7) is 6.98. The van der Waals surface area contributed by atoms with E-state index in [9.17, 15) is 24.3 Å². The number of nitrogens with two attached hydrogens (primary N) is 1. The summed E-state index contributed by atoms with van der Waals surface area (Å²) in [4.78, 5) is 47.5. The molecule has 1 aromatic rings. The summed E-state index contributed by atoms with van der Waals surface area (Å²) in [6, 6.07) is 4.05. The highest BCUT2D eigenvalue weighted by Gasteiger charge is 2.37. The molecule has 202 valence electrons. The molecule has 0 fully saturated rings. The number of carbonyl (C=O) groups is 4. The van der Waals surface area contributed by atoms with Crippen LogP contribution in [-0.4, -0.2) is 61.0 Å². The normalized spacial score (nSPS) is 13.0. The van der Waals surface area contributed by atoms with Gasteiger partial charge in [0, 0.05) is 12.8 Å². The molecule has 0 saturated carbocycles. The Morgan fingerprint density at radius 3 is 2.08 bits per heavy atom. The fraction of sp³-hybridized carbons (Fsp3) is 0.583. The highest BCUT2D eigenvalue weighted by Crippen LogP contribution is 2.31. The lowest BCUT2D eigenvalue weighted by Gasteiger charge is -2.28. The topological polar surface area (TPSA) is 170 Å². The standard InChI is InChI=1S/C24H35NO11/c1-5-8-9-12-33-23(30)34-16(4)14-24(25,20(26)27)15-17-10-11-18(35-21(28)31-6-2)19(13-17)36-22(29)32-7-3/h10-11,13,16H,5-9,12,14-15,25H2,1-4H3,(H,26,27)/t16-,24?/m0/s1. The molecule has 0 heterocycles. The summed E-state index contributed by atoms with van der Waals surface area (Å²) < 4.78 is 29.7. The monoisotopic (exact) mass is 513 g/mol. The van der Waals surface area contributed by atoms with Crippen LogP contribution in [-0.2, 0) is 30.2 Å². The van der Waals surface area contributed by atoms with Gasteiger partial charge in [0.2, 0.25) is 0 Å². The number of ether oxygens (including phenoxy) is 6. The molecule has 2 atom stereocenters. The third kappa shape index (κ3) is 10.8. The predicted octanol–water partition coefficient (Wildman–Crippen LogP) is 4.20. The summed E-state index contributed by atoms with van der Waals surface area (Å²) >= 11 is 0. The van der Waals surface area contributed by atoms with Gasteiger partial charge in [0.1, 0.15) is 11.6 Å². The van der Waals surface area contributed by atoms with Crippen LogP contribution in [0.3, 0.4) is 0 Å². The minimum Gasteiger partial charge on any atom is -0.480 e. The van der Waals surface area contributed by atoms with E-state index < -0.39 is 36.1 Å². The van der Waals surface area contributed by atoms with Crippen molar-refractivity contribution in [1.29, 1.82) is 0 Å². The Morgan fingerprint density at radius 1 is 0.917 bits per heavy atom. The lowest BCUT2D eigenvalue weighted by molar-refractivity contribution is -0.144. The summed E-state index contributed by atoms with van der Waals surface area (Å²) in [6.07, 6.45) is -1.76. The number of carbonyl (C=O) groups excluding carboxylic acids is 3. The fourth-order valence-corrected chi connectivity index (χ4v) is 3.16. The van der Waals surface area contributed by atoms with E-state index in [4.69, 9.17) is 34.2 Å². The van der Waals surface area contributed by atoms with Gasteiger partial charge in [-0.15, -0.1) is 0 Å². The first-order valence-corrected chi connectivity index (χ1v) is 11.7. The van der Waals surface area contributed by atoms with Crippen molar-refractivity contribution in [3.8, 4) is 11.5 Å². The van der Waals surface area contributed by atoms with Crippen molar-refractivity contribution in [2.45, 2.75) is 71.4 Å². The molecule has 12 nitrogen and oxygen atoms in total. The van der Waals surface area contributed by atoms with Gasteiger partial charge in [-0.3, -0.25) is 4.79 Å². The van der Waals surface area contributed by atoms with Gasteiger partial charge < -0.3 is 39.3 Å². The van der Waals surface area contributed by atoms with E-state index in [1.54, 1.807) is 13.8 Å². The maximum atomic E-state index is 12.0. The van der Waals surface area contributed by atoms with Crippen LogP contribution in [0, 0.1) is 0 Å². The zero-order valence-electron chi connectivity index (χ0n) is 21.1. The highest BCUT2D eigenvalue weighted by atomic mass is 16.7. The van der Waals surface area contributed by atoms with Crippen LogP contribution in [0.15, 0.2) is 18.2 Å². The Balaban J connectivity index is 3.01. The Labute approximate surface area is 209 Å². The lowest BCUT2D eigenvalue weighted by Crippen LogP contribution is -2.52. The van der Waals surface area contributed by atoms with E-state index in [1.807, 2.05) is 6.92 Å². The number of unbranched alkanes of at least 4 members (excludes halogenated alkanes) is 2. The number of benzene rings is 1. The maximum Gasteiger partial charge on any atom is 0.513 e. The van der Waals surface area contributed by atoms with Crippen LogP contribution < -0.4 is 15.2 Å². The van der Waals surface area contributed by atoms with Crippen LogP contribution in [0.2, 0.25) is 0 Å². The van der Waals surface area contributed by atoms with Gasteiger partial charge in [-0.2, -0.15) is 0 Å². The Morgan fingerprint density at radius 2 is 1.53 bits per heavy atom. The molecule has 0 aliphatic carbocycles. The molecule has 0 amide bonds. The largest absolute Gasteiger partial charge is 0.513 e. The third-order valence-corrected chi connectivity index (χ3v) is 4.78. The van der Waals surface area contributed by atoms with E-state index in [0.29, 0.717) is 12.0 Å². The fourth-order valence-electron chi connectivity index (χ4n) is 3.16. The Bertz CT molecular complexity index is 889. The molecule has 0 bridgehead atoms. The number of hydrogen-bond acceptors (Lipinski definition) is 11. The van der Waals surface area contributed by atoms with Crippen molar-refractivity contribution in [2.75, 3.05) is 19.8 Å². The minimum atomic E-state index is -1.85. The van der Waals surface area contributed by atoms with Crippen LogP contribution >= 0.6 is 0 Å². The molecule has 0 saturated heterocycles. The van der Waals surface area contributed by atoms with E-state index >= 15 is 0 Å². The van der Waals surface area contributed by atoms with Crippen LogP contribution in [0.5, 0.6) is 11.5 Å². The van der Waals surface area contributed by atoms with Gasteiger partial charge in [0.25, 0.3) is 0 Å². The molecule has 1 unspecified atom stereocenters. The van der Waals surface area contributed by atoms with Crippen molar-refractivity contribution in [1.82, 2.24) is 0 Å². The SMILES string of the molecule is CCCCCOC(=O)O[C@@H](C)CC(N)(Cc1ccc(OC(=O)OCC)c(OC(=O)OCC)c1)C(=O)O. The van der Waals surface area contributed by atoms with Crippen molar-refractivity contribution >= 4 is 24.4 Å². The first-order valence-electron chi connectivity index (χ1n) is 11.7. The number of hydrogen-bond donors (Lipinski definition) is 2. The zero-order chi connectivity index (χ0) is 27.1. The maximum absolute atomic E-state index is 12.0. The average molecular weight is 514 g/mol. The van der Waals surface area contributed by atoms with E-state index in [1.165, 1.54) is 25.1 Å². The first kappa shape index (κ1) is 30.5. The number of aliphatic carboxylic acids is 1. The molecular weight excluding hydrogens is 478 g/mol. The van der Waals surface area contributed by atoms with Gasteiger partial charge in [-0.1, -0.05) is 25.8 Å². The molecule has 0 aliphatic rings. The van der Waals surface area contributed by atoms with E-state index in [-0.39, 0.29) is 44.2 Å². The molecule has 0 aromatic heterocycles. The summed E-state index contributed by atoms with van der Waals surface area (Å²) in [5.74, 6) is -1.69. The molecule has 0 radical (unpaired) electrons. The molecule has 0 spiro atoms. The van der Waals surface area contributed by atoms with Gasteiger partial charge in [-0.05, 0) is 44.9 Å². The van der Waals surface area contributed by atoms with Crippen LogP contribution in [0.4, 0.5) is 14.4 Å². The van der Waals surface area contributed by atoms with E-state index in [2.05, 4.69) is 0 Å². The van der Waals surface area contributed by atoms with Gasteiger partial charge in [0.05, 0.1) is 19.8 Å². The van der Waals surface area contributed by atoms with Gasteiger partial charge in [-0.25, -0.2) is 14.4 Å². The van der Waals surface area contributed by atoms with Gasteiger partial charge >= 0.3 is 24.4 Å². The second kappa shape index (κ2) is 15.5. The molecule has 0 aliphatic heterocycles. The quantitative estimate of drug-likeness (QED) is 0.157. The molecule has 36 heavy (non-hydrogen) atoms. The summed E-state index contributed by atoms with van der Waals surface area (Å²) in [5, 5.41) is 9.81. The van der Waals surface area contributed by atoms with Crippen molar-refractivity contribution < 1.29 is 52.7 Å². The summed E-state index contributed by atoms with van der Waals surface area (Å²) in [5.41, 5.74) is 4.66. The first-order chi connectivity index (χ1) is 17.0. The van der Waals surface area contributed by atoms with Crippen LogP contribution in [0.1, 0.15) is 58.9 Å². The molecule has 1 rings (SSSR count). The van der Waals surface area contributed by atoms with Crippen molar-refractivity contribution in [3.63, 3.8) is 0 Å².